The number of rotatable bonds is 5. The number of hydrogen-bond donors (Lipinski definition) is 1. The van der Waals surface area contributed by atoms with Crippen molar-refractivity contribution in [1.29, 1.82) is 0 Å². The van der Waals surface area contributed by atoms with Crippen LogP contribution in [0.4, 0.5) is 5.69 Å². The minimum absolute atomic E-state index is 0.221. The van der Waals surface area contributed by atoms with E-state index in [4.69, 9.17) is 16.3 Å². The Morgan fingerprint density at radius 2 is 1.95 bits per heavy atom. The number of amides is 1. The van der Waals surface area contributed by atoms with E-state index in [0.717, 1.165) is 17.7 Å². The second-order valence-electron chi connectivity index (χ2n) is 4.54. The molecular formula is C17H18ClNO2. The zero-order valence-electron chi connectivity index (χ0n) is 12.2. The van der Waals surface area contributed by atoms with Crippen LogP contribution < -0.4 is 10.1 Å². The molecule has 2 rings (SSSR count). The largest absolute Gasteiger partial charge is 0.493 e. The van der Waals surface area contributed by atoms with Gasteiger partial charge in [-0.25, -0.2) is 0 Å². The Morgan fingerprint density at radius 3 is 2.67 bits per heavy atom. The number of hydrogen-bond acceptors (Lipinski definition) is 2. The van der Waals surface area contributed by atoms with Gasteiger partial charge in [0.05, 0.1) is 12.2 Å². The standard InChI is InChI=1S/C17H18ClNO2/c1-3-12-7-5-6-8-15(12)19-17(20)14-11-13(18)9-10-16(14)21-4-2/h5-11H,3-4H2,1-2H3,(H,19,20). The summed E-state index contributed by atoms with van der Waals surface area (Å²) in [5, 5.41) is 3.43. The molecule has 1 N–H and O–H groups in total. The smallest absolute Gasteiger partial charge is 0.259 e. The van der Waals surface area contributed by atoms with Gasteiger partial charge in [-0.1, -0.05) is 36.7 Å². The van der Waals surface area contributed by atoms with E-state index in [-0.39, 0.29) is 5.91 Å². The maximum Gasteiger partial charge on any atom is 0.259 e. The lowest BCUT2D eigenvalue weighted by molar-refractivity contribution is 0.102. The van der Waals surface area contributed by atoms with Crippen LogP contribution in [0.2, 0.25) is 5.02 Å². The van der Waals surface area contributed by atoms with E-state index in [2.05, 4.69) is 12.2 Å². The molecule has 1 amide bonds. The van der Waals surface area contributed by atoms with Gasteiger partial charge >= 0.3 is 0 Å². The molecule has 21 heavy (non-hydrogen) atoms. The minimum Gasteiger partial charge on any atom is -0.493 e. The van der Waals surface area contributed by atoms with Crippen LogP contribution in [-0.2, 0) is 6.42 Å². The number of para-hydroxylation sites is 1. The second kappa shape index (κ2) is 7.14. The molecule has 4 heteroatoms. The lowest BCUT2D eigenvalue weighted by atomic mass is 10.1. The van der Waals surface area contributed by atoms with Crippen molar-refractivity contribution in [3.05, 3.63) is 58.6 Å². The molecule has 0 fully saturated rings. The number of anilines is 1. The third-order valence-corrected chi connectivity index (χ3v) is 3.37. The monoisotopic (exact) mass is 303 g/mol. The number of aryl methyl sites for hydroxylation is 1. The molecule has 0 unspecified atom stereocenters. The number of halogens is 1. The molecule has 0 heterocycles. The van der Waals surface area contributed by atoms with Gasteiger partial charge in [-0.15, -0.1) is 0 Å². The first kappa shape index (κ1) is 15.4. The normalized spacial score (nSPS) is 10.2. The summed E-state index contributed by atoms with van der Waals surface area (Å²) in [5.74, 6) is 0.315. The first-order valence-electron chi connectivity index (χ1n) is 6.97. The second-order valence-corrected chi connectivity index (χ2v) is 4.97. The molecule has 0 aromatic heterocycles. The fraction of sp³-hybridized carbons (Fsp3) is 0.235. The van der Waals surface area contributed by atoms with Crippen LogP contribution in [0.5, 0.6) is 5.75 Å². The summed E-state index contributed by atoms with van der Waals surface area (Å²) in [7, 11) is 0. The molecule has 0 aliphatic heterocycles. The minimum atomic E-state index is -0.221. The molecule has 0 atom stereocenters. The van der Waals surface area contributed by atoms with Crippen molar-refractivity contribution in [2.24, 2.45) is 0 Å². The lowest BCUT2D eigenvalue weighted by Crippen LogP contribution is -2.14. The fourth-order valence-corrected chi connectivity index (χ4v) is 2.27. The summed E-state index contributed by atoms with van der Waals surface area (Å²) >= 11 is 5.99. The van der Waals surface area contributed by atoms with E-state index in [0.29, 0.717) is 22.9 Å². The average Bonchev–Trinajstić information content (AvgIpc) is 2.49. The molecule has 110 valence electrons. The molecule has 0 spiro atoms. The predicted octanol–water partition coefficient (Wildman–Crippen LogP) is 4.55. The Kier molecular flexibility index (Phi) is 5.23. The van der Waals surface area contributed by atoms with Gasteiger partial charge in [0.1, 0.15) is 5.75 Å². The SMILES string of the molecule is CCOc1ccc(Cl)cc1C(=O)Nc1ccccc1CC. The third-order valence-electron chi connectivity index (χ3n) is 3.13. The van der Waals surface area contributed by atoms with Crippen LogP contribution in [0.3, 0.4) is 0 Å². The fourth-order valence-electron chi connectivity index (χ4n) is 2.10. The molecule has 2 aromatic carbocycles. The topological polar surface area (TPSA) is 38.3 Å². The Morgan fingerprint density at radius 1 is 1.19 bits per heavy atom. The highest BCUT2D eigenvalue weighted by molar-refractivity contribution is 6.31. The Balaban J connectivity index is 2.29. The molecule has 0 saturated carbocycles. The highest BCUT2D eigenvalue weighted by Crippen LogP contribution is 2.25. The summed E-state index contributed by atoms with van der Waals surface area (Å²) in [6.07, 6.45) is 0.852. The quantitative estimate of drug-likeness (QED) is 0.879. The Labute approximate surface area is 129 Å². The summed E-state index contributed by atoms with van der Waals surface area (Å²) in [6.45, 7) is 4.42. The van der Waals surface area contributed by atoms with Crippen molar-refractivity contribution in [2.45, 2.75) is 20.3 Å². The van der Waals surface area contributed by atoms with Gasteiger partial charge in [0.2, 0.25) is 0 Å². The average molecular weight is 304 g/mol. The van der Waals surface area contributed by atoms with Gasteiger partial charge in [-0.05, 0) is 43.2 Å². The van der Waals surface area contributed by atoms with Crippen molar-refractivity contribution < 1.29 is 9.53 Å². The van der Waals surface area contributed by atoms with Crippen molar-refractivity contribution >= 4 is 23.2 Å². The maximum atomic E-state index is 12.5. The number of ether oxygens (including phenoxy) is 1. The van der Waals surface area contributed by atoms with Crippen LogP contribution in [0.15, 0.2) is 42.5 Å². The highest BCUT2D eigenvalue weighted by atomic mass is 35.5. The summed E-state index contributed by atoms with van der Waals surface area (Å²) in [5.41, 5.74) is 2.34. The first-order chi connectivity index (χ1) is 10.2. The first-order valence-corrected chi connectivity index (χ1v) is 7.35. The maximum absolute atomic E-state index is 12.5. The zero-order chi connectivity index (χ0) is 15.2. The number of carbonyl (C=O) groups is 1. The van der Waals surface area contributed by atoms with E-state index >= 15 is 0 Å². The molecule has 3 nitrogen and oxygen atoms in total. The zero-order valence-corrected chi connectivity index (χ0v) is 12.9. The third kappa shape index (κ3) is 3.76. The van der Waals surface area contributed by atoms with Crippen molar-refractivity contribution in [2.75, 3.05) is 11.9 Å². The molecular weight excluding hydrogens is 286 g/mol. The summed E-state index contributed by atoms with van der Waals surface area (Å²) in [6, 6.07) is 12.8. The van der Waals surface area contributed by atoms with E-state index in [9.17, 15) is 4.79 Å². The molecule has 0 aliphatic carbocycles. The van der Waals surface area contributed by atoms with E-state index < -0.39 is 0 Å². The van der Waals surface area contributed by atoms with Gasteiger partial charge in [-0.3, -0.25) is 4.79 Å². The molecule has 0 saturated heterocycles. The highest BCUT2D eigenvalue weighted by Gasteiger charge is 2.14. The summed E-state index contributed by atoms with van der Waals surface area (Å²) < 4.78 is 5.49. The van der Waals surface area contributed by atoms with Crippen LogP contribution in [0.25, 0.3) is 0 Å². The number of benzene rings is 2. The molecule has 0 aliphatic rings. The predicted molar refractivity (Wildman–Crippen MR) is 86.4 cm³/mol. The Bertz CT molecular complexity index is 640. The van der Waals surface area contributed by atoms with Crippen LogP contribution in [0, 0.1) is 0 Å². The van der Waals surface area contributed by atoms with E-state index in [1.54, 1.807) is 18.2 Å². The number of nitrogens with one attached hydrogen (secondary N) is 1. The van der Waals surface area contributed by atoms with E-state index in [1.807, 2.05) is 31.2 Å². The van der Waals surface area contributed by atoms with Crippen LogP contribution in [0.1, 0.15) is 29.8 Å². The van der Waals surface area contributed by atoms with Gasteiger partial charge in [-0.2, -0.15) is 0 Å². The Hall–Kier alpha value is -2.00. The lowest BCUT2D eigenvalue weighted by Gasteiger charge is -2.13. The molecule has 2 aromatic rings. The molecule has 0 bridgehead atoms. The number of carbonyl (C=O) groups excluding carboxylic acids is 1. The van der Waals surface area contributed by atoms with Crippen molar-refractivity contribution in [3.8, 4) is 5.75 Å². The van der Waals surface area contributed by atoms with Crippen molar-refractivity contribution in [3.63, 3.8) is 0 Å². The van der Waals surface area contributed by atoms with Crippen molar-refractivity contribution in [1.82, 2.24) is 0 Å². The van der Waals surface area contributed by atoms with Gasteiger partial charge in [0.15, 0.2) is 0 Å². The molecule has 0 radical (unpaired) electrons. The summed E-state index contributed by atoms with van der Waals surface area (Å²) in [4.78, 5) is 12.5. The van der Waals surface area contributed by atoms with Gasteiger partial charge < -0.3 is 10.1 Å². The van der Waals surface area contributed by atoms with Gasteiger partial charge in [0, 0.05) is 10.7 Å². The van der Waals surface area contributed by atoms with Crippen LogP contribution in [-0.4, -0.2) is 12.5 Å². The van der Waals surface area contributed by atoms with E-state index in [1.165, 1.54) is 0 Å². The van der Waals surface area contributed by atoms with Crippen LogP contribution >= 0.6 is 11.6 Å². The van der Waals surface area contributed by atoms with Gasteiger partial charge in [0.25, 0.3) is 5.91 Å².